The molecule has 1 amide bonds. The van der Waals surface area contributed by atoms with Crippen LogP contribution in [0.25, 0.3) is 0 Å². The average Bonchev–Trinajstić information content (AvgIpc) is 3.28. The average molecular weight is 526 g/mol. The minimum Gasteiger partial charge on any atom is -0.497 e. The number of rotatable bonds is 7. The highest BCUT2D eigenvalue weighted by Crippen LogP contribution is 2.73. The van der Waals surface area contributed by atoms with Crippen LogP contribution in [0.4, 0.5) is 0 Å². The molecular formula is C30H39NO7. The molecule has 8 nitrogen and oxygen atoms in total. The van der Waals surface area contributed by atoms with E-state index in [0.717, 1.165) is 16.7 Å². The minimum absolute atomic E-state index is 0.0119. The smallest absolute Gasteiger partial charge is 0.224 e. The summed E-state index contributed by atoms with van der Waals surface area (Å²) in [6.07, 6.45) is 2.37. The van der Waals surface area contributed by atoms with E-state index >= 15 is 0 Å². The summed E-state index contributed by atoms with van der Waals surface area (Å²) in [6, 6.07) is 5.43. The number of carbonyl (C=O) groups is 2. The van der Waals surface area contributed by atoms with Crippen molar-refractivity contribution in [3.8, 4) is 11.5 Å². The van der Waals surface area contributed by atoms with Crippen molar-refractivity contribution in [3.63, 3.8) is 0 Å². The van der Waals surface area contributed by atoms with Crippen molar-refractivity contribution in [1.29, 1.82) is 0 Å². The third kappa shape index (κ3) is 3.60. The summed E-state index contributed by atoms with van der Waals surface area (Å²) in [7, 11) is 4.68. The first-order valence-electron chi connectivity index (χ1n) is 13.3. The van der Waals surface area contributed by atoms with Gasteiger partial charge in [0.25, 0.3) is 0 Å². The number of ether oxygens (including phenoxy) is 3. The zero-order valence-electron chi connectivity index (χ0n) is 22.9. The van der Waals surface area contributed by atoms with Gasteiger partial charge in [-0.2, -0.15) is 0 Å². The first-order valence-corrected chi connectivity index (χ1v) is 13.3. The molecule has 2 bridgehead atoms. The van der Waals surface area contributed by atoms with E-state index in [2.05, 4.69) is 11.9 Å². The van der Waals surface area contributed by atoms with Crippen LogP contribution in [-0.2, 0) is 20.9 Å². The number of carbonyl (C=O) groups excluding carboxylic acids is 2. The van der Waals surface area contributed by atoms with E-state index < -0.39 is 40.5 Å². The van der Waals surface area contributed by atoms with E-state index in [9.17, 15) is 19.8 Å². The van der Waals surface area contributed by atoms with Crippen LogP contribution in [0.1, 0.15) is 45.1 Å². The van der Waals surface area contributed by atoms with Crippen molar-refractivity contribution >= 4 is 11.7 Å². The number of benzene rings is 1. The SMILES string of the molecule is C=C1C[C@]23C[C@@]1(O)CC[C@H]2C1=C[C@@H](OC)[C@H](O)[C@@](C)(C(C)=O)C1[C@@H]3C(=O)NCc1ccc(OC)cc1OC. The molecule has 4 aliphatic rings. The lowest BCUT2D eigenvalue weighted by atomic mass is 9.58. The minimum atomic E-state index is -1.22. The molecule has 3 N–H and O–H groups in total. The summed E-state index contributed by atoms with van der Waals surface area (Å²) in [6.45, 7) is 7.69. The molecule has 1 unspecified atom stereocenters. The van der Waals surface area contributed by atoms with Gasteiger partial charge in [0.05, 0.1) is 37.3 Å². The van der Waals surface area contributed by atoms with Gasteiger partial charge in [0.1, 0.15) is 23.4 Å². The monoisotopic (exact) mass is 525 g/mol. The number of nitrogens with one attached hydrogen (secondary N) is 1. The molecule has 38 heavy (non-hydrogen) atoms. The van der Waals surface area contributed by atoms with E-state index in [4.69, 9.17) is 14.2 Å². The molecule has 4 aliphatic carbocycles. The van der Waals surface area contributed by atoms with Gasteiger partial charge in [-0.05, 0) is 68.6 Å². The van der Waals surface area contributed by atoms with Gasteiger partial charge in [-0.1, -0.05) is 18.2 Å². The standard InChI is InChI=1S/C30H39NO7/c1-16-13-29-15-30(16,35)10-9-21(29)20-12-23(38-6)26(33)28(3,17(2)32)24(20)25(29)27(34)31-14-18-7-8-19(36-4)11-22(18)37-5/h7-8,11-12,21,23-26,33,35H,1,9-10,13-15H2,2-6H3,(H,31,34)/t21-,23+,24?,25+,26-,28-,29-,30-/m0/s1. The molecule has 0 radical (unpaired) electrons. The molecule has 3 fully saturated rings. The van der Waals surface area contributed by atoms with Crippen molar-refractivity contribution in [1.82, 2.24) is 5.32 Å². The van der Waals surface area contributed by atoms with Gasteiger partial charge in [-0.15, -0.1) is 0 Å². The Morgan fingerprint density at radius 2 is 1.95 bits per heavy atom. The molecule has 8 heteroatoms. The number of methoxy groups -OCH3 is 3. The third-order valence-corrected chi connectivity index (χ3v) is 10.3. The summed E-state index contributed by atoms with van der Waals surface area (Å²) < 4.78 is 16.4. The zero-order chi connectivity index (χ0) is 27.6. The maximum absolute atomic E-state index is 14.3. The van der Waals surface area contributed by atoms with E-state index in [1.54, 1.807) is 27.2 Å². The summed E-state index contributed by atoms with van der Waals surface area (Å²) in [4.78, 5) is 27.6. The Morgan fingerprint density at radius 3 is 2.58 bits per heavy atom. The molecule has 1 aromatic rings. The second kappa shape index (κ2) is 9.21. The number of hydrogen-bond donors (Lipinski definition) is 3. The Balaban J connectivity index is 1.58. The molecule has 206 valence electrons. The first-order chi connectivity index (χ1) is 18.0. The fraction of sp³-hybridized carbons (Fsp3) is 0.600. The molecular weight excluding hydrogens is 486 g/mol. The maximum Gasteiger partial charge on any atom is 0.224 e. The van der Waals surface area contributed by atoms with Gasteiger partial charge in [0, 0.05) is 31.2 Å². The summed E-state index contributed by atoms with van der Waals surface area (Å²) in [5.74, 6) is -0.292. The molecule has 0 saturated heterocycles. The summed E-state index contributed by atoms with van der Waals surface area (Å²) >= 11 is 0. The number of amides is 1. The third-order valence-electron chi connectivity index (χ3n) is 10.3. The highest BCUT2D eigenvalue weighted by Gasteiger charge is 2.73. The van der Waals surface area contributed by atoms with Crippen molar-refractivity contribution in [2.24, 2.45) is 28.6 Å². The molecule has 0 heterocycles. The summed E-state index contributed by atoms with van der Waals surface area (Å²) in [5, 5.41) is 26.0. The number of fused-ring (bicyclic) bond motifs is 3. The van der Waals surface area contributed by atoms with Gasteiger partial charge in [-0.3, -0.25) is 9.59 Å². The molecule has 1 spiro atoms. The van der Waals surface area contributed by atoms with Gasteiger partial charge in [0.15, 0.2) is 0 Å². The molecule has 1 aromatic carbocycles. The van der Waals surface area contributed by atoms with E-state index in [1.807, 2.05) is 18.2 Å². The van der Waals surface area contributed by atoms with Crippen LogP contribution in [-0.4, -0.2) is 61.0 Å². The van der Waals surface area contributed by atoms with E-state index in [0.29, 0.717) is 37.2 Å². The Labute approximate surface area is 224 Å². The second-order valence-corrected chi connectivity index (χ2v) is 11.8. The molecule has 3 saturated carbocycles. The summed E-state index contributed by atoms with van der Waals surface area (Å²) in [5.41, 5.74) is -0.292. The maximum atomic E-state index is 14.3. The van der Waals surface area contributed by atoms with Crippen LogP contribution >= 0.6 is 0 Å². The van der Waals surface area contributed by atoms with E-state index in [-0.39, 0.29) is 24.2 Å². The Morgan fingerprint density at radius 1 is 1.21 bits per heavy atom. The van der Waals surface area contributed by atoms with Gasteiger partial charge in [-0.25, -0.2) is 0 Å². The lowest BCUT2D eigenvalue weighted by Crippen LogP contribution is -2.57. The largest absolute Gasteiger partial charge is 0.497 e. The Kier molecular flexibility index (Phi) is 6.52. The van der Waals surface area contributed by atoms with E-state index in [1.165, 1.54) is 14.0 Å². The first kappa shape index (κ1) is 26.9. The lowest BCUT2D eigenvalue weighted by molar-refractivity contribution is -0.152. The zero-order valence-corrected chi connectivity index (χ0v) is 22.9. The number of aliphatic hydroxyl groups is 2. The van der Waals surface area contributed by atoms with Crippen LogP contribution in [0.2, 0.25) is 0 Å². The van der Waals surface area contributed by atoms with Crippen LogP contribution in [0.3, 0.4) is 0 Å². The molecule has 0 aromatic heterocycles. The predicted molar refractivity (Wildman–Crippen MR) is 141 cm³/mol. The van der Waals surface area contributed by atoms with Crippen molar-refractivity contribution < 1.29 is 34.0 Å². The topological polar surface area (TPSA) is 114 Å². The molecule has 0 aliphatic heterocycles. The Bertz CT molecular complexity index is 1210. The molecule has 8 atom stereocenters. The van der Waals surface area contributed by atoms with Gasteiger partial charge >= 0.3 is 0 Å². The second-order valence-electron chi connectivity index (χ2n) is 11.8. The van der Waals surface area contributed by atoms with Crippen molar-refractivity contribution in [2.45, 2.75) is 63.9 Å². The number of ketones is 1. The van der Waals surface area contributed by atoms with Crippen LogP contribution in [0, 0.1) is 28.6 Å². The Hall–Kier alpha value is -2.68. The normalized spacial score (nSPS) is 39.2. The predicted octanol–water partition coefficient (Wildman–Crippen LogP) is 2.95. The molecule has 5 rings (SSSR count). The highest BCUT2D eigenvalue weighted by molar-refractivity contribution is 5.88. The number of hydrogen-bond acceptors (Lipinski definition) is 7. The van der Waals surface area contributed by atoms with Crippen molar-refractivity contribution in [2.75, 3.05) is 21.3 Å². The van der Waals surface area contributed by atoms with Crippen LogP contribution < -0.4 is 14.8 Å². The van der Waals surface area contributed by atoms with Crippen LogP contribution in [0.15, 0.2) is 42.0 Å². The van der Waals surface area contributed by atoms with Gasteiger partial charge < -0.3 is 29.7 Å². The lowest BCUT2D eigenvalue weighted by Gasteiger charge is -2.47. The van der Waals surface area contributed by atoms with Crippen molar-refractivity contribution in [3.05, 3.63) is 47.6 Å². The highest BCUT2D eigenvalue weighted by atomic mass is 16.5. The number of allylic oxidation sites excluding steroid dienone is 1. The van der Waals surface area contributed by atoms with Gasteiger partial charge in [0.2, 0.25) is 5.91 Å². The van der Waals surface area contributed by atoms with Crippen LogP contribution in [0.5, 0.6) is 11.5 Å². The number of aliphatic hydroxyl groups excluding tert-OH is 1. The fourth-order valence-corrected chi connectivity index (χ4v) is 8.20. The number of Topliss-reactive ketones (excluding diaryl/α,β-unsaturated/α-hetero) is 1. The quantitative estimate of drug-likeness (QED) is 0.469. The fourth-order valence-electron chi connectivity index (χ4n) is 8.20.